The highest BCUT2D eigenvalue weighted by Crippen LogP contribution is 2.27. The second-order valence-corrected chi connectivity index (χ2v) is 6.07. The molecule has 0 saturated carbocycles. The molecule has 2 aliphatic heterocycles. The molecule has 0 radical (unpaired) electrons. The second kappa shape index (κ2) is 5.19. The predicted octanol–water partition coefficient (Wildman–Crippen LogP) is 2.05. The van der Waals surface area contributed by atoms with Crippen LogP contribution in [0.2, 0.25) is 0 Å². The van der Waals surface area contributed by atoms with Crippen molar-refractivity contribution >= 4 is 5.65 Å². The second-order valence-electron chi connectivity index (χ2n) is 6.07. The van der Waals surface area contributed by atoms with Crippen molar-refractivity contribution in [3.05, 3.63) is 36.3 Å². The van der Waals surface area contributed by atoms with E-state index in [0.717, 1.165) is 23.9 Å². The molecule has 4 heterocycles. The first-order chi connectivity index (χ1) is 9.90. The smallest absolute Gasteiger partial charge is 0.137 e. The number of hydrogen-bond donors (Lipinski definition) is 1. The summed E-state index contributed by atoms with van der Waals surface area (Å²) in [6.07, 6.45) is 9.63. The molecule has 0 bridgehead atoms. The van der Waals surface area contributed by atoms with Gasteiger partial charge in [-0.2, -0.15) is 0 Å². The standard InChI is InChI=1S/C16H22N4/c1-3-8-19-10-7-14(15(19)5-1)17-11-13-12-20-9-4-2-6-16(20)18-13/h2,4,6,9,12,14-15,17H,1,3,5,7-8,10-11H2. The molecule has 0 aromatic carbocycles. The Morgan fingerprint density at radius 2 is 2.20 bits per heavy atom. The molecule has 2 aromatic heterocycles. The van der Waals surface area contributed by atoms with Gasteiger partial charge in [0.15, 0.2) is 0 Å². The molecule has 2 aliphatic rings. The van der Waals surface area contributed by atoms with E-state index in [4.69, 9.17) is 0 Å². The average molecular weight is 270 g/mol. The van der Waals surface area contributed by atoms with E-state index in [2.05, 4.69) is 38.1 Å². The third-order valence-corrected chi connectivity index (χ3v) is 4.82. The lowest BCUT2D eigenvalue weighted by Crippen LogP contribution is -2.44. The number of pyridine rings is 1. The normalized spacial score (nSPS) is 27.0. The highest BCUT2D eigenvalue weighted by molar-refractivity contribution is 5.39. The molecule has 1 N–H and O–H groups in total. The summed E-state index contributed by atoms with van der Waals surface area (Å²) in [7, 11) is 0. The minimum atomic E-state index is 0.653. The van der Waals surface area contributed by atoms with E-state index < -0.39 is 0 Å². The molecule has 106 valence electrons. The molecule has 2 aromatic rings. The summed E-state index contributed by atoms with van der Waals surface area (Å²) >= 11 is 0. The van der Waals surface area contributed by atoms with Gasteiger partial charge in [0.25, 0.3) is 0 Å². The Hall–Kier alpha value is -1.39. The molecule has 4 heteroatoms. The Balaban J connectivity index is 1.42. The Morgan fingerprint density at radius 3 is 3.15 bits per heavy atom. The summed E-state index contributed by atoms with van der Waals surface area (Å²) in [5.41, 5.74) is 2.18. The highest BCUT2D eigenvalue weighted by atomic mass is 15.2. The fourth-order valence-electron chi connectivity index (χ4n) is 3.79. The Kier molecular flexibility index (Phi) is 3.20. The zero-order valence-electron chi connectivity index (χ0n) is 11.8. The van der Waals surface area contributed by atoms with Gasteiger partial charge >= 0.3 is 0 Å². The van der Waals surface area contributed by atoms with Gasteiger partial charge in [-0.1, -0.05) is 12.5 Å². The lowest BCUT2D eigenvalue weighted by molar-refractivity contribution is 0.180. The largest absolute Gasteiger partial charge is 0.307 e. The van der Waals surface area contributed by atoms with Gasteiger partial charge in [0.1, 0.15) is 5.65 Å². The van der Waals surface area contributed by atoms with Crippen LogP contribution in [0.5, 0.6) is 0 Å². The Morgan fingerprint density at radius 1 is 1.20 bits per heavy atom. The first-order valence-corrected chi connectivity index (χ1v) is 7.80. The number of fused-ring (bicyclic) bond motifs is 2. The van der Waals surface area contributed by atoms with E-state index in [1.165, 1.54) is 38.8 Å². The molecule has 4 nitrogen and oxygen atoms in total. The van der Waals surface area contributed by atoms with Crippen molar-refractivity contribution in [1.82, 2.24) is 19.6 Å². The number of aromatic nitrogens is 2. The molecular weight excluding hydrogens is 248 g/mol. The number of rotatable bonds is 3. The van der Waals surface area contributed by atoms with Crippen molar-refractivity contribution in [2.45, 2.75) is 44.3 Å². The van der Waals surface area contributed by atoms with E-state index in [-0.39, 0.29) is 0 Å². The molecular formula is C16H22N4. The number of nitrogens with one attached hydrogen (secondary N) is 1. The van der Waals surface area contributed by atoms with Crippen LogP contribution in [-0.4, -0.2) is 39.5 Å². The maximum absolute atomic E-state index is 4.66. The van der Waals surface area contributed by atoms with Crippen molar-refractivity contribution in [1.29, 1.82) is 0 Å². The molecule has 2 fully saturated rings. The van der Waals surface area contributed by atoms with Gasteiger partial charge in [0.05, 0.1) is 5.69 Å². The van der Waals surface area contributed by atoms with Crippen LogP contribution < -0.4 is 5.32 Å². The fourth-order valence-corrected chi connectivity index (χ4v) is 3.79. The Bertz CT molecular complexity index is 558. The summed E-state index contributed by atoms with van der Waals surface area (Å²) < 4.78 is 2.10. The molecule has 2 saturated heterocycles. The van der Waals surface area contributed by atoms with Crippen molar-refractivity contribution < 1.29 is 0 Å². The van der Waals surface area contributed by atoms with E-state index >= 15 is 0 Å². The third kappa shape index (κ3) is 2.23. The molecule has 2 atom stereocenters. The highest BCUT2D eigenvalue weighted by Gasteiger charge is 2.34. The topological polar surface area (TPSA) is 32.6 Å². The van der Waals surface area contributed by atoms with Crippen LogP contribution in [-0.2, 0) is 6.54 Å². The maximum Gasteiger partial charge on any atom is 0.137 e. The van der Waals surface area contributed by atoms with Crippen LogP contribution in [0.25, 0.3) is 5.65 Å². The summed E-state index contributed by atoms with van der Waals surface area (Å²) in [4.78, 5) is 7.34. The van der Waals surface area contributed by atoms with Crippen molar-refractivity contribution in [3.8, 4) is 0 Å². The number of nitrogens with zero attached hydrogens (tertiary/aromatic N) is 3. The fraction of sp³-hybridized carbons (Fsp3) is 0.562. The molecule has 4 rings (SSSR count). The molecule has 0 amide bonds. The lowest BCUT2D eigenvalue weighted by Gasteiger charge is -2.32. The van der Waals surface area contributed by atoms with Crippen LogP contribution in [0.3, 0.4) is 0 Å². The van der Waals surface area contributed by atoms with Crippen LogP contribution >= 0.6 is 0 Å². The van der Waals surface area contributed by atoms with Gasteiger partial charge in [-0.25, -0.2) is 4.98 Å². The first kappa shape index (κ1) is 12.4. The molecule has 0 aliphatic carbocycles. The maximum atomic E-state index is 4.66. The van der Waals surface area contributed by atoms with Gasteiger partial charge in [-0.3, -0.25) is 4.90 Å². The SMILES string of the molecule is c1ccn2cc(CNC3CCN4CCCCC34)nc2c1. The van der Waals surface area contributed by atoms with Crippen LogP contribution in [0.15, 0.2) is 30.6 Å². The average Bonchev–Trinajstić information content (AvgIpc) is 3.08. The molecule has 20 heavy (non-hydrogen) atoms. The van der Waals surface area contributed by atoms with Gasteiger partial charge < -0.3 is 9.72 Å². The van der Waals surface area contributed by atoms with Gasteiger partial charge in [0.2, 0.25) is 0 Å². The number of imidazole rings is 1. The predicted molar refractivity (Wildman–Crippen MR) is 79.6 cm³/mol. The monoisotopic (exact) mass is 270 g/mol. The zero-order valence-corrected chi connectivity index (χ0v) is 11.8. The third-order valence-electron chi connectivity index (χ3n) is 4.82. The number of hydrogen-bond acceptors (Lipinski definition) is 3. The van der Waals surface area contributed by atoms with Crippen molar-refractivity contribution in [2.24, 2.45) is 0 Å². The lowest BCUT2D eigenvalue weighted by atomic mass is 9.99. The summed E-state index contributed by atoms with van der Waals surface area (Å²) in [6, 6.07) is 7.56. The van der Waals surface area contributed by atoms with Gasteiger partial charge in [-0.15, -0.1) is 0 Å². The van der Waals surface area contributed by atoms with E-state index in [1.807, 2.05) is 12.1 Å². The summed E-state index contributed by atoms with van der Waals surface area (Å²) in [6.45, 7) is 3.46. The zero-order chi connectivity index (χ0) is 13.4. The van der Waals surface area contributed by atoms with Crippen LogP contribution in [0, 0.1) is 0 Å². The van der Waals surface area contributed by atoms with Gasteiger partial charge in [-0.05, 0) is 37.9 Å². The van der Waals surface area contributed by atoms with Crippen molar-refractivity contribution in [2.75, 3.05) is 13.1 Å². The van der Waals surface area contributed by atoms with Crippen LogP contribution in [0.4, 0.5) is 0 Å². The Labute approximate surface area is 119 Å². The minimum absolute atomic E-state index is 0.653. The quantitative estimate of drug-likeness (QED) is 0.926. The molecule has 2 unspecified atom stereocenters. The van der Waals surface area contributed by atoms with Gasteiger partial charge in [0, 0.05) is 37.6 Å². The van der Waals surface area contributed by atoms with Crippen LogP contribution in [0.1, 0.15) is 31.4 Å². The minimum Gasteiger partial charge on any atom is -0.307 e. The summed E-state index contributed by atoms with van der Waals surface area (Å²) in [5, 5.41) is 3.74. The first-order valence-electron chi connectivity index (χ1n) is 7.80. The molecule has 0 spiro atoms. The number of piperidine rings is 1. The van der Waals surface area contributed by atoms with E-state index in [1.54, 1.807) is 0 Å². The van der Waals surface area contributed by atoms with E-state index in [0.29, 0.717) is 6.04 Å². The van der Waals surface area contributed by atoms with Crippen molar-refractivity contribution in [3.63, 3.8) is 0 Å². The summed E-state index contributed by atoms with van der Waals surface area (Å²) in [5.74, 6) is 0. The van der Waals surface area contributed by atoms with E-state index in [9.17, 15) is 0 Å².